The zero-order valence-electron chi connectivity index (χ0n) is 23.3. The molecule has 0 aliphatic rings. The molecule has 2 heterocycles. The molecule has 0 unspecified atom stereocenters. The van der Waals surface area contributed by atoms with Crippen LogP contribution in [0.1, 0.15) is 43.4 Å². The van der Waals surface area contributed by atoms with Gasteiger partial charge in [0.05, 0.1) is 37.9 Å². The Balaban J connectivity index is 1.49. The lowest BCUT2D eigenvalue weighted by Gasteiger charge is -2.26. The molecule has 4 rings (SSSR count). The molecule has 0 spiro atoms. The van der Waals surface area contributed by atoms with Crippen LogP contribution in [0.5, 0.6) is 11.5 Å². The number of aromatic nitrogens is 2. The first-order valence-corrected chi connectivity index (χ1v) is 13.2. The van der Waals surface area contributed by atoms with Crippen molar-refractivity contribution in [2.24, 2.45) is 0 Å². The molecule has 0 saturated carbocycles. The number of benzene rings is 2. The van der Waals surface area contributed by atoms with Crippen LogP contribution >= 0.6 is 0 Å². The van der Waals surface area contributed by atoms with E-state index in [1.54, 1.807) is 34.1 Å². The molecular weight excluding hydrogens is 494 g/mol. The average Bonchev–Trinajstić information content (AvgIpc) is 3.58. The Kier molecular flexibility index (Phi) is 9.09. The van der Waals surface area contributed by atoms with Crippen molar-refractivity contribution in [1.82, 2.24) is 14.7 Å². The highest BCUT2D eigenvalue weighted by Gasteiger charge is 2.32. The van der Waals surface area contributed by atoms with E-state index in [1.165, 1.54) is 5.56 Å². The minimum atomic E-state index is -1.14. The third-order valence-corrected chi connectivity index (χ3v) is 6.44. The maximum absolute atomic E-state index is 12.3. The number of carbonyl (C=O) groups excluding carboxylic acids is 1. The fourth-order valence-electron chi connectivity index (χ4n) is 4.34. The minimum absolute atomic E-state index is 0.291. The Bertz CT molecular complexity index is 1350. The SMILES string of the molecule is CCOC(=O)C(C)(C)Oc1ccc(CN(CCc2cn(-c3ccccc3)nc2C)Cc2ccco2)cc1OC. The van der Waals surface area contributed by atoms with Crippen LogP contribution in [0.4, 0.5) is 0 Å². The molecule has 0 radical (unpaired) electrons. The van der Waals surface area contributed by atoms with Crippen molar-refractivity contribution >= 4 is 5.97 Å². The van der Waals surface area contributed by atoms with E-state index in [1.807, 2.05) is 72.3 Å². The van der Waals surface area contributed by atoms with Gasteiger partial charge in [0.25, 0.3) is 0 Å². The van der Waals surface area contributed by atoms with Gasteiger partial charge < -0.3 is 18.6 Å². The highest BCUT2D eigenvalue weighted by molar-refractivity contribution is 5.79. The Hall–Kier alpha value is -4.04. The van der Waals surface area contributed by atoms with Crippen LogP contribution in [0.15, 0.2) is 77.5 Å². The molecule has 0 saturated heterocycles. The summed E-state index contributed by atoms with van der Waals surface area (Å²) in [5, 5.41) is 4.72. The van der Waals surface area contributed by atoms with Gasteiger partial charge in [-0.1, -0.05) is 24.3 Å². The Morgan fingerprint density at radius 3 is 2.54 bits per heavy atom. The van der Waals surface area contributed by atoms with Crippen molar-refractivity contribution in [3.8, 4) is 17.2 Å². The van der Waals surface area contributed by atoms with Gasteiger partial charge in [-0.05, 0) is 81.6 Å². The first kappa shape index (κ1) is 28.0. The van der Waals surface area contributed by atoms with Crippen LogP contribution in [0.2, 0.25) is 0 Å². The predicted molar refractivity (Wildman–Crippen MR) is 149 cm³/mol. The van der Waals surface area contributed by atoms with E-state index in [4.69, 9.17) is 23.7 Å². The normalized spacial score (nSPS) is 11.5. The zero-order chi connectivity index (χ0) is 27.8. The summed E-state index contributed by atoms with van der Waals surface area (Å²) in [5.74, 6) is 1.52. The topological polar surface area (TPSA) is 79.0 Å². The molecule has 0 fully saturated rings. The van der Waals surface area contributed by atoms with Gasteiger partial charge in [-0.15, -0.1) is 0 Å². The van der Waals surface area contributed by atoms with Crippen molar-refractivity contribution in [3.63, 3.8) is 0 Å². The number of nitrogens with zero attached hydrogens (tertiary/aromatic N) is 3. The summed E-state index contributed by atoms with van der Waals surface area (Å²) >= 11 is 0. The number of aryl methyl sites for hydroxylation is 1. The largest absolute Gasteiger partial charge is 0.493 e. The molecule has 0 N–H and O–H groups in total. The van der Waals surface area contributed by atoms with Crippen LogP contribution in [0, 0.1) is 6.92 Å². The van der Waals surface area contributed by atoms with Crippen molar-refractivity contribution in [1.29, 1.82) is 0 Å². The van der Waals surface area contributed by atoms with Crippen molar-refractivity contribution < 1.29 is 23.4 Å². The second-order valence-electron chi connectivity index (χ2n) is 9.88. The monoisotopic (exact) mass is 531 g/mol. The molecule has 206 valence electrons. The van der Waals surface area contributed by atoms with Gasteiger partial charge >= 0.3 is 5.97 Å². The van der Waals surface area contributed by atoms with Gasteiger partial charge in [-0.2, -0.15) is 5.10 Å². The summed E-state index contributed by atoms with van der Waals surface area (Å²) in [5.41, 5.74) is 3.17. The van der Waals surface area contributed by atoms with E-state index in [2.05, 4.69) is 11.1 Å². The number of esters is 1. The van der Waals surface area contributed by atoms with Gasteiger partial charge in [0.2, 0.25) is 0 Å². The highest BCUT2D eigenvalue weighted by Crippen LogP contribution is 2.32. The number of methoxy groups -OCH3 is 1. The van der Waals surface area contributed by atoms with Crippen molar-refractivity contribution in [2.75, 3.05) is 20.3 Å². The second kappa shape index (κ2) is 12.7. The van der Waals surface area contributed by atoms with E-state index in [0.717, 1.165) is 35.7 Å². The predicted octanol–water partition coefficient (Wildman–Crippen LogP) is 5.75. The standard InChI is InChI=1S/C31H37N3O5/c1-6-37-30(35)31(3,4)39-28-15-14-24(19-29(28)36-5)20-33(22-27-13-10-18-38-27)17-16-25-21-34(32-23(25)2)26-11-8-7-9-12-26/h7-15,18-19,21H,6,16-17,20,22H2,1-5H3. The molecule has 0 atom stereocenters. The first-order valence-electron chi connectivity index (χ1n) is 13.2. The molecular formula is C31H37N3O5. The lowest BCUT2D eigenvalue weighted by Crippen LogP contribution is -2.39. The summed E-state index contributed by atoms with van der Waals surface area (Å²) in [6.45, 7) is 9.62. The van der Waals surface area contributed by atoms with Gasteiger partial charge in [-0.25, -0.2) is 9.48 Å². The third kappa shape index (κ3) is 7.29. The number of ether oxygens (including phenoxy) is 3. The van der Waals surface area contributed by atoms with E-state index >= 15 is 0 Å². The van der Waals surface area contributed by atoms with E-state index in [0.29, 0.717) is 31.2 Å². The van der Waals surface area contributed by atoms with Crippen LogP contribution in [-0.4, -0.2) is 46.5 Å². The second-order valence-corrected chi connectivity index (χ2v) is 9.88. The Morgan fingerprint density at radius 1 is 1.05 bits per heavy atom. The Labute approximate surface area is 230 Å². The summed E-state index contributed by atoms with van der Waals surface area (Å²) < 4.78 is 24.4. The number of para-hydroxylation sites is 1. The molecule has 0 aliphatic carbocycles. The van der Waals surface area contributed by atoms with E-state index < -0.39 is 11.6 Å². The molecule has 8 heteroatoms. The number of carbonyl (C=O) groups is 1. The minimum Gasteiger partial charge on any atom is -0.493 e. The van der Waals surface area contributed by atoms with E-state index in [-0.39, 0.29) is 0 Å². The summed E-state index contributed by atoms with van der Waals surface area (Å²) in [6.07, 6.45) is 4.64. The molecule has 2 aromatic heterocycles. The lowest BCUT2D eigenvalue weighted by molar-refractivity contribution is -0.158. The zero-order valence-corrected chi connectivity index (χ0v) is 23.3. The van der Waals surface area contributed by atoms with Crippen LogP contribution in [-0.2, 0) is 29.0 Å². The molecule has 0 amide bonds. The lowest BCUT2D eigenvalue weighted by atomic mass is 10.1. The molecule has 0 aliphatic heterocycles. The van der Waals surface area contributed by atoms with Gasteiger partial charge in [0.15, 0.2) is 17.1 Å². The van der Waals surface area contributed by atoms with Crippen LogP contribution < -0.4 is 9.47 Å². The van der Waals surface area contributed by atoms with Gasteiger partial charge in [0, 0.05) is 19.3 Å². The van der Waals surface area contributed by atoms with Crippen LogP contribution in [0.3, 0.4) is 0 Å². The average molecular weight is 532 g/mol. The number of furan rings is 1. The summed E-state index contributed by atoms with van der Waals surface area (Å²) in [7, 11) is 1.59. The molecule has 0 bridgehead atoms. The first-order chi connectivity index (χ1) is 18.8. The molecule has 39 heavy (non-hydrogen) atoms. The highest BCUT2D eigenvalue weighted by atomic mass is 16.6. The van der Waals surface area contributed by atoms with Crippen molar-refractivity contribution in [2.45, 2.75) is 52.8 Å². The molecule has 2 aromatic carbocycles. The maximum atomic E-state index is 12.3. The fraction of sp³-hybridized carbons (Fsp3) is 0.355. The Morgan fingerprint density at radius 2 is 1.85 bits per heavy atom. The van der Waals surface area contributed by atoms with Gasteiger partial charge in [-0.3, -0.25) is 4.90 Å². The maximum Gasteiger partial charge on any atom is 0.349 e. The number of rotatable bonds is 13. The molecule has 8 nitrogen and oxygen atoms in total. The smallest absolute Gasteiger partial charge is 0.349 e. The number of hydrogen-bond donors (Lipinski definition) is 0. The third-order valence-electron chi connectivity index (χ3n) is 6.44. The van der Waals surface area contributed by atoms with Crippen molar-refractivity contribution in [3.05, 3.63) is 95.7 Å². The van der Waals surface area contributed by atoms with Crippen LogP contribution in [0.25, 0.3) is 5.69 Å². The summed E-state index contributed by atoms with van der Waals surface area (Å²) in [6, 6.07) is 19.8. The quantitative estimate of drug-likeness (QED) is 0.203. The molecule has 4 aromatic rings. The number of hydrogen-bond acceptors (Lipinski definition) is 7. The van der Waals surface area contributed by atoms with Gasteiger partial charge in [0.1, 0.15) is 5.76 Å². The fourth-order valence-corrected chi connectivity index (χ4v) is 4.34. The summed E-state index contributed by atoms with van der Waals surface area (Å²) in [4.78, 5) is 14.6. The van der Waals surface area contributed by atoms with E-state index in [9.17, 15) is 4.79 Å².